The Bertz CT molecular complexity index is 1300. The van der Waals surface area contributed by atoms with Gasteiger partial charge in [-0.3, -0.25) is 4.79 Å². The van der Waals surface area contributed by atoms with Crippen LogP contribution in [0.2, 0.25) is 0 Å². The third-order valence-corrected chi connectivity index (χ3v) is 6.47. The molecule has 1 amide bonds. The summed E-state index contributed by atoms with van der Waals surface area (Å²) >= 11 is 0. The van der Waals surface area contributed by atoms with Crippen molar-refractivity contribution in [2.45, 2.75) is 32.2 Å². The summed E-state index contributed by atoms with van der Waals surface area (Å²) in [4.78, 5) is 19.8. The molecule has 4 aromatic rings. The number of nitrogens with zero attached hydrogens (tertiary/aromatic N) is 3. The fraction of sp³-hybridized carbons (Fsp3) is 0.286. The third kappa shape index (κ3) is 4.23. The molecule has 0 spiro atoms. The molecule has 5 rings (SSSR count). The monoisotopic (exact) mass is 455 g/mol. The summed E-state index contributed by atoms with van der Waals surface area (Å²) in [6.07, 6.45) is 1.43. The molecular formula is C28H29N3O3. The zero-order chi connectivity index (χ0) is 23.5. The number of methoxy groups -OCH3 is 1. The van der Waals surface area contributed by atoms with Gasteiger partial charge < -0.3 is 18.9 Å². The number of para-hydroxylation sites is 4. The van der Waals surface area contributed by atoms with Crippen LogP contribution in [0.4, 0.5) is 5.69 Å². The lowest BCUT2D eigenvalue weighted by Gasteiger charge is -2.20. The van der Waals surface area contributed by atoms with Crippen LogP contribution in [0.3, 0.4) is 0 Å². The minimum Gasteiger partial charge on any atom is -0.495 e. The van der Waals surface area contributed by atoms with Gasteiger partial charge in [0.25, 0.3) is 0 Å². The average molecular weight is 456 g/mol. The van der Waals surface area contributed by atoms with E-state index >= 15 is 0 Å². The highest BCUT2D eigenvalue weighted by Gasteiger charge is 2.35. The summed E-state index contributed by atoms with van der Waals surface area (Å²) in [7, 11) is 1.63. The van der Waals surface area contributed by atoms with Crippen molar-refractivity contribution in [2.75, 3.05) is 25.2 Å². The van der Waals surface area contributed by atoms with Gasteiger partial charge in [0, 0.05) is 18.9 Å². The van der Waals surface area contributed by atoms with E-state index in [4.69, 9.17) is 14.5 Å². The lowest BCUT2D eigenvalue weighted by atomic mass is 10.1. The molecule has 174 valence electrons. The Morgan fingerprint density at radius 2 is 1.76 bits per heavy atom. The maximum atomic E-state index is 13.0. The minimum absolute atomic E-state index is 0.00588. The van der Waals surface area contributed by atoms with Crippen molar-refractivity contribution in [3.8, 4) is 11.5 Å². The van der Waals surface area contributed by atoms with Gasteiger partial charge in [-0.2, -0.15) is 0 Å². The summed E-state index contributed by atoms with van der Waals surface area (Å²) in [6.45, 7) is 3.90. The van der Waals surface area contributed by atoms with Gasteiger partial charge in [0.15, 0.2) is 0 Å². The largest absolute Gasteiger partial charge is 0.495 e. The number of hydrogen-bond donors (Lipinski definition) is 0. The number of aryl methyl sites for hydroxylation is 1. The van der Waals surface area contributed by atoms with Crippen LogP contribution in [0, 0.1) is 0 Å². The predicted molar refractivity (Wildman–Crippen MR) is 134 cm³/mol. The number of fused-ring (bicyclic) bond motifs is 1. The van der Waals surface area contributed by atoms with Gasteiger partial charge in [0.05, 0.1) is 30.4 Å². The highest BCUT2D eigenvalue weighted by Crippen LogP contribution is 2.37. The second-order valence-corrected chi connectivity index (χ2v) is 8.53. The molecule has 1 aliphatic rings. The lowest BCUT2D eigenvalue weighted by molar-refractivity contribution is -0.117. The van der Waals surface area contributed by atoms with Crippen LogP contribution < -0.4 is 14.4 Å². The van der Waals surface area contributed by atoms with E-state index in [1.807, 2.05) is 59.5 Å². The van der Waals surface area contributed by atoms with Crippen LogP contribution in [0.25, 0.3) is 11.0 Å². The summed E-state index contributed by atoms with van der Waals surface area (Å²) in [5, 5.41) is 0. The molecular weight excluding hydrogens is 426 g/mol. The maximum absolute atomic E-state index is 13.0. The molecule has 0 saturated carbocycles. The molecule has 34 heavy (non-hydrogen) atoms. The molecule has 1 aliphatic heterocycles. The number of carbonyl (C=O) groups excluding carboxylic acids is 1. The van der Waals surface area contributed by atoms with E-state index in [0.717, 1.165) is 34.7 Å². The fourth-order valence-electron chi connectivity index (χ4n) is 4.68. The van der Waals surface area contributed by atoms with E-state index in [-0.39, 0.29) is 11.8 Å². The molecule has 0 aliphatic carbocycles. The second kappa shape index (κ2) is 9.59. The van der Waals surface area contributed by atoms with Crippen molar-refractivity contribution in [3.05, 3.63) is 84.2 Å². The number of benzene rings is 3. The van der Waals surface area contributed by atoms with Crippen molar-refractivity contribution >= 4 is 22.6 Å². The summed E-state index contributed by atoms with van der Waals surface area (Å²) in [6, 6.07) is 24.0. The van der Waals surface area contributed by atoms with Crippen LogP contribution in [-0.2, 0) is 17.8 Å². The van der Waals surface area contributed by atoms with Crippen LogP contribution in [-0.4, -0.2) is 35.7 Å². The molecule has 0 bridgehead atoms. The molecule has 6 heteroatoms. The first kappa shape index (κ1) is 22.0. The van der Waals surface area contributed by atoms with E-state index in [1.165, 1.54) is 5.56 Å². The van der Waals surface area contributed by atoms with Gasteiger partial charge in [0.2, 0.25) is 5.91 Å². The minimum atomic E-state index is -0.00588. The topological polar surface area (TPSA) is 56.6 Å². The molecule has 1 aromatic heterocycles. The van der Waals surface area contributed by atoms with Crippen LogP contribution in [0.1, 0.15) is 30.7 Å². The number of hydrogen-bond acceptors (Lipinski definition) is 4. The molecule has 3 aromatic carbocycles. The first-order valence-electron chi connectivity index (χ1n) is 11.8. The van der Waals surface area contributed by atoms with Crippen molar-refractivity contribution in [2.24, 2.45) is 0 Å². The number of ether oxygens (including phenoxy) is 2. The Morgan fingerprint density at radius 3 is 2.56 bits per heavy atom. The van der Waals surface area contributed by atoms with Crippen molar-refractivity contribution in [1.29, 1.82) is 0 Å². The standard InChI is InChI=1S/C28H29N3O3/c1-3-20-12-14-22(15-13-20)34-17-16-30-24-9-5-4-8-23(24)29-28(30)21-18-27(32)31(19-21)25-10-6-7-11-26(25)33-2/h4-15,21H,3,16-19H2,1-2H3. The molecule has 1 fully saturated rings. The van der Waals surface area contributed by atoms with Gasteiger partial charge >= 0.3 is 0 Å². The number of rotatable bonds is 8. The number of anilines is 1. The molecule has 0 radical (unpaired) electrons. The summed E-state index contributed by atoms with van der Waals surface area (Å²) in [5.41, 5.74) is 4.10. The Kier molecular flexibility index (Phi) is 6.21. The van der Waals surface area contributed by atoms with Gasteiger partial charge in [-0.15, -0.1) is 0 Å². The SMILES string of the molecule is CCc1ccc(OCCn2c(C3CC(=O)N(c4ccccc4OC)C3)nc3ccccc32)cc1. The molecule has 1 atom stereocenters. The van der Waals surface area contributed by atoms with Gasteiger partial charge in [0.1, 0.15) is 23.9 Å². The Labute approximate surface area is 199 Å². The maximum Gasteiger partial charge on any atom is 0.227 e. The van der Waals surface area contributed by atoms with E-state index in [2.05, 4.69) is 29.7 Å². The first-order valence-corrected chi connectivity index (χ1v) is 11.8. The first-order chi connectivity index (χ1) is 16.7. The number of aromatic nitrogens is 2. The van der Waals surface area contributed by atoms with E-state index in [0.29, 0.717) is 31.9 Å². The second-order valence-electron chi connectivity index (χ2n) is 8.53. The number of carbonyl (C=O) groups is 1. The number of amides is 1. The Hall–Kier alpha value is -3.80. The highest BCUT2D eigenvalue weighted by atomic mass is 16.5. The Morgan fingerprint density at radius 1 is 1.00 bits per heavy atom. The zero-order valence-electron chi connectivity index (χ0n) is 19.6. The van der Waals surface area contributed by atoms with Gasteiger partial charge in [-0.1, -0.05) is 43.3 Å². The van der Waals surface area contributed by atoms with Crippen LogP contribution in [0.5, 0.6) is 11.5 Å². The lowest BCUT2D eigenvalue weighted by Crippen LogP contribution is -2.25. The van der Waals surface area contributed by atoms with Gasteiger partial charge in [-0.05, 0) is 48.4 Å². The quantitative estimate of drug-likeness (QED) is 0.366. The van der Waals surface area contributed by atoms with E-state index < -0.39 is 0 Å². The predicted octanol–water partition coefficient (Wildman–Crippen LogP) is 5.21. The molecule has 2 heterocycles. The zero-order valence-corrected chi connectivity index (χ0v) is 19.6. The molecule has 6 nitrogen and oxygen atoms in total. The van der Waals surface area contributed by atoms with Crippen molar-refractivity contribution in [3.63, 3.8) is 0 Å². The molecule has 1 unspecified atom stereocenters. The van der Waals surface area contributed by atoms with Crippen LogP contribution in [0.15, 0.2) is 72.8 Å². The van der Waals surface area contributed by atoms with Crippen LogP contribution >= 0.6 is 0 Å². The summed E-state index contributed by atoms with van der Waals surface area (Å²) in [5.74, 6) is 2.57. The number of imidazole rings is 1. The third-order valence-electron chi connectivity index (χ3n) is 6.47. The van der Waals surface area contributed by atoms with E-state index in [1.54, 1.807) is 7.11 Å². The van der Waals surface area contributed by atoms with Crippen molar-refractivity contribution in [1.82, 2.24) is 9.55 Å². The average Bonchev–Trinajstić information content (AvgIpc) is 3.45. The van der Waals surface area contributed by atoms with E-state index in [9.17, 15) is 4.79 Å². The highest BCUT2D eigenvalue weighted by molar-refractivity contribution is 5.97. The summed E-state index contributed by atoms with van der Waals surface area (Å²) < 4.78 is 13.7. The normalized spacial score (nSPS) is 15.8. The molecule has 1 saturated heterocycles. The Balaban J connectivity index is 1.39. The van der Waals surface area contributed by atoms with Crippen molar-refractivity contribution < 1.29 is 14.3 Å². The fourth-order valence-corrected chi connectivity index (χ4v) is 4.68. The molecule has 0 N–H and O–H groups in total. The van der Waals surface area contributed by atoms with Gasteiger partial charge in [-0.25, -0.2) is 4.98 Å². The smallest absolute Gasteiger partial charge is 0.227 e.